The van der Waals surface area contributed by atoms with Crippen LogP contribution in [-0.4, -0.2) is 15.4 Å². The van der Waals surface area contributed by atoms with E-state index < -0.39 is 11.4 Å². The van der Waals surface area contributed by atoms with Crippen molar-refractivity contribution in [3.63, 3.8) is 0 Å². The number of hydrogen-bond donors (Lipinski definition) is 0. The van der Waals surface area contributed by atoms with Gasteiger partial charge in [0, 0.05) is 0 Å². The zero-order chi connectivity index (χ0) is 17.7. The molecule has 0 aromatic rings. The second-order valence-corrected chi connectivity index (χ2v) is 7.68. The summed E-state index contributed by atoms with van der Waals surface area (Å²) in [7, 11) is 0. The van der Waals surface area contributed by atoms with Crippen LogP contribution in [-0.2, 0) is 15.5 Å². The summed E-state index contributed by atoms with van der Waals surface area (Å²) in [5.41, 5.74) is 0. The molecule has 0 rings (SSSR count). The van der Waals surface area contributed by atoms with Crippen molar-refractivity contribution in [3.8, 4) is 0 Å². The van der Waals surface area contributed by atoms with E-state index in [4.69, 9.17) is 0 Å². The molecule has 148 valence electrons. The fourth-order valence-corrected chi connectivity index (χ4v) is 3.38. The second kappa shape index (κ2) is 24.7. The summed E-state index contributed by atoms with van der Waals surface area (Å²) in [5.74, 6) is 0. The average molecular weight is 370 g/mol. The van der Waals surface area contributed by atoms with Crippen molar-refractivity contribution in [2.75, 3.05) is 6.61 Å². The maximum absolute atomic E-state index is 10.2. The van der Waals surface area contributed by atoms with Gasteiger partial charge < -0.3 is 10.2 Å². The summed E-state index contributed by atoms with van der Waals surface area (Å²) in [6, 6.07) is 0. The first-order chi connectivity index (χ1) is 11.8. The largest absolute Gasteiger partial charge is 1.00 e. The normalized spacial score (nSPS) is 12.1. The first-order valence-corrected chi connectivity index (χ1v) is 11.5. The molecule has 0 aliphatic rings. The number of hydrogen-bond acceptors (Lipinski definition) is 3. The first kappa shape index (κ1) is 27.9. The molecule has 0 radical (unpaired) electrons. The van der Waals surface area contributed by atoms with E-state index >= 15 is 0 Å². The molecule has 0 bridgehead atoms. The standard InChI is InChI=1S/C20H42O3S.Li.H/c1-2-3-4-5-6-7-8-9-10-11-12-13-14-15-16-17-18-19-20-23-24(21)22;;/h2-20H2,1H3,(H,21,22);;/q;+1;-1/p-1. The van der Waals surface area contributed by atoms with E-state index in [2.05, 4.69) is 11.1 Å². The van der Waals surface area contributed by atoms with Crippen molar-refractivity contribution < 1.29 is 33.2 Å². The van der Waals surface area contributed by atoms with Gasteiger partial charge in [-0.1, -0.05) is 116 Å². The molecule has 0 amide bonds. The van der Waals surface area contributed by atoms with E-state index in [1.54, 1.807) is 0 Å². The van der Waals surface area contributed by atoms with Crippen LogP contribution >= 0.6 is 0 Å². The third-order valence-electron chi connectivity index (χ3n) is 4.68. The van der Waals surface area contributed by atoms with Crippen LogP contribution in [0.15, 0.2) is 0 Å². The van der Waals surface area contributed by atoms with Crippen molar-refractivity contribution in [3.05, 3.63) is 0 Å². The van der Waals surface area contributed by atoms with Crippen LogP contribution in [0.25, 0.3) is 0 Å². The summed E-state index contributed by atoms with van der Waals surface area (Å²) in [6.07, 6.45) is 24.1. The molecule has 0 heterocycles. The molecule has 3 nitrogen and oxygen atoms in total. The third kappa shape index (κ3) is 27.0. The molecule has 0 aromatic carbocycles. The molecular formula is C20H42LiO3S-. The van der Waals surface area contributed by atoms with E-state index in [0.717, 1.165) is 12.8 Å². The summed E-state index contributed by atoms with van der Waals surface area (Å²) in [5, 5.41) is 0. The van der Waals surface area contributed by atoms with Gasteiger partial charge in [0.2, 0.25) is 0 Å². The quantitative estimate of drug-likeness (QED) is 0.185. The predicted octanol–water partition coefficient (Wildman–Crippen LogP) is 3.96. The van der Waals surface area contributed by atoms with E-state index in [-0.39, 0.29) is 20.3 Å². The van der Waals surface area contributed by atoms with Gasteiger partial charge in [-0.2, -0.15) is 0 Å². The van der Waals surface area contributed by atoms with Gasteiger partial charge in [-0.3, -0.25) is 0 Å². The SMILES string of the molecule is CCCCCCCCCCCCCCCCCCCCOS(=O)[O-].[H-].[Li+]. The molecular weight excluding hydrogens is 327 g/mol. The van der Waals surface area contributed by atoms with Gasteiger partial charge in [0.05, 0.1) is 18.0 Å². The molecule has 1 unspecified atom stereocenters. The Morgan fingerprint density at radius 2 is 0.920 bits per heavy atom. The molecule has 0 saturated heterocycles. The van der Waals surface area contributed by atoms with Crippen LogP contribution in [0.4, 0.5) is 0 Å². The minimum atomic E-state index is -2.33. The third-order valence-corrected chi connectivity index (χ3v) is 5.04. The van der Waals surface area contributed by atoms with Crippen LogP contribution in [0.5, 0.6) is 0 Å². The van der Waals surface area contributed by atoms with Crippen molar-refractivity contribution in [1.82, 2.24) is 0 Å². The zero-order valence-corrected chi connectivity index (χ0v) is 17.9. The van der Waals surface area contributed by atoms with Gasteiger partial charge in [-0.15, -0.1) is 0 Å². The molecule has 1 atom stereocenters. The van der Waals surface area contributed by atoms with Crippen LogP contribution in [0, 0.1) is 0 Å². The van der Waals surface area contributed by atoms with Crippen LogP contribution in [0.1, 0.15) is 124 Å². The Bertz CT molecular complexity index is 271. The van der Waals surface area contributed by atoms with Gasteiger partial charge in [-0.25, -0.2) is 4.21 Å². The molecule has 5 heteroatoms. The minimum absolute atomic E-state index is 0. The van der Waals surface area contributed by atoms with Gasteiger partial charge in [0.25, 0.3) is 0 Å². The molecule has 0 spiro atoms. The van der Waals surface area contributed by atoms with Crippen molar-refractivity contribution in [2.45, 2.75) is 122 Å². The molecule has 0 saturated carbocycles. The van der Waals surface area contributed by atoms with E-state index in [0.29, 0.717) is 6.61 Å². The fraction of sp³-hybridized carbons (Fsp3) is 1.00. The monoisotopic (exact) mass is 369 g/mol. The van der Waals surface area contributed by atoms with E-state index in [1.165, 1.54) is 103 Å². The summed E-state index contributed by atoms with van der Waals surface area (Å²) in [4.78, 5) is 0. The summed E-state index contributed by atoms with van der Waals surface area (Å²) >= 11 is -2.33. The van der Waals surface area contributed by atoms with Gasteiger partial charge in [0.15, 0.2) is 0 Å². The Hall–Kier alpha value is 0.667. The Balaban J connectivity index is -0.00000264. The van der Waals surface area contributed by atoms with E-state index in [9.17, 15) is 8.76 Å². The Morgan fingerprint density at radius 3 is 1.20 bits per heavy atom. The second-order valence-electron chi connectivity index (χ2n) is 7.04. The maximum atomic E-state index is 10.2. The topological polar surface area (TPSA) is 49.4 Å². The minimum Gasteiger partial charge on any atom is -1.00 e. The summed E-state index contributed by atoms with van der Waals surface area (Å²) in [6.45, 7) is 2.62. The first-order valence-electron chi connectivity index (χ1n) is 10.5. The molecule has 0 N–H and O–H groups in total. The predicted molar refractivity (Wildman–Crippen MR) is 105 cm³/mol. The Kier molecular flexibility index (Phi) is 27.5. The van der Waals surface area contributed by atoms with Crippen LogP contribution in [0.3, 0.4) is 0 Å². The maximum Gasteiger partial charge on any atom is 1.00 e. The van der Waals surface area contributed by atoms with Gasteiger partial charge >= 0.3 is 18.9 Å². The Morgan fingerprint density at radius 1 is 0.640 bits per heavy atom. The number of rotatable bonds is 20. The van der Waals surface area contributed by atoms with E-state index in [1.807, 2.05) is 0 Å². The molecule has 0 aliphatic carbocycles. The molecule has 0 aliphatic heterocycles. The average Bonchev–Trinajstić information content (AvgIpc) is 2.56. The molecule has 25 heavy (non-hydrogen) atoms. The van der Waals surface area contributed by atoms with Crippen LogP contribution < -0.4 is 18.9 Å². The van der Waals surface area contributed by atoms with Crippen molar-refractivity contribution >= 4 is 11.4 Å². The number of unbranched alkanes of at least 4 members (excludes halogenated alkanes) is 17. The van der Waals surface area contributed by atoms with Crippen molar-refractivity contribution in [1.29, 1.82) is 0 Å². The van der Waals surface area contributed by atoms with Crippen LogP contribution in [0.2, 0.25) is 0 Å². The smallest absolute Gasteiger partial charge is 1.00 e. The fourth-order valence-electron chi connectivity index (χ4n) is 3.13. The Labute approximate surface area is 173 Å². The zero-order valence-electron chi connectivity index (χ0n) is 18.1. The van der Waals surface area contributed by atoms with Gasteiger partial charge in [0.1, 0.15) is 0 Å². The molecule has 0 fully saturated rings. The van der Waals surface area contributed by atoms with Crippen molar-refractivity contribution in [2.24, 2.45) is 0 Å². The molecule has 0 aromatic heterocycles. The van der Waals surface area contributed by atoms with Gasteiger partial charge in [-0.05, 0) is 6.42 Å². The summed E-state index contributed by atoms with van der Waals surface area (Å²) < 4.78 is 24.8.